The lowest BCUT2D eigenvalue weighted by Crippen LogP contribution is -2.09. The molecule has 226 valence electrons. The standard InChI is InChI=1S/C46H31NS/c1-3-11-32(12-4-1)33-21-23-34(24-22-33)37-14-9-17-40(31-37)47(38-15-5-2-6-16-38)39-28-25-36(26-29-39)41-19-10-20-44-45(41)43-30-27-35-13-7-8-18-42(35)46(43)48-44/h1-31H. The van der Waals surface area contributed by atoms with Gasteiger partial charge in [0.2, 0.25) is 0 Å². The monoisotopic (exact) mass is 629 g/mol. The zero-order valence-electron chi connectivity index (χ0n) is 26.3. The summed E-state index contributed by atoms with van der Waals surface area (Å²) in [6.45, 7) is 0. The second kappa shape index (κ2) is 12.0. The van der Waals surface area contributed by atoms with Crippen LogP contribution in [-0.4, -0.2) is 0 Å². The molecule has 9 rings (SSSR count). The smallest absolute Gasteiger partial charge is 0.0467 e. The first-order chi connectivity index (χ1) is 23.8. The molecule has 0 radical (unpaired) electrons. The maximum atomic E-state index is 2.35. The molecule has 1 nitrogen and oxygen atoms in total. The van der Waals surface area contributed by atoms with Crippen LogP contribution >= 0.6 is 11.3 Å². The molecule has 0 aliphatic carbocycles. The third-order valence-corrected chi connectivity index (χ3v) is 10.5. The fraction of sp³-hybridized carbons (Fsp3) is 0. The van der Waals surface area contributed by atoms with Crippen molar-refractivity contribution < 1.29 is 0 Å². The van der Waals surface area contributed by atoms with Gasteiger partial charge in [-0.1, -0.05) is 146 Å². The number of benzene rings is 8. The predicted molar refractivity (Wildman–Crippen MR) is 208 cm³/mol. The average Bonchev–Trinajstić information content (AvgIpc) is 3.56. The molecule has 0 unspecified atom stereocenters. The zero-order valence-corrected chi connectivity index (χ0v) is 27.1. The molecule has 0 aliphatic rings. The van der Waals surface area contributed by atoms with Gasteiger partial charge in [-0.25, -0.2) is 0 Å². The van der Waals surface area contributed by atoms with Crippen molar-refractivity contribution in [2.24, 2.45) is 0 Å². The molecule has 2 heteroatoms. The Labute approximate surface area is 284 Å². The molecule has 0 N–H and O–H groups in total. The van der Waals surface area contributed by atoms with Gasteiger partial charge in [-0.15, -0.1) is 11.3 Å². The first kappa shape index (κ1) is 28.3. The second-order valence-electron chi connectivity index (χ2n) is 12.2. The van der Waals surface area contributed by atoms with Gasteiger partial charge in [0.05, 0.1) is 0 Å². The summed E-state index contributed by atoms with van der Waals surface area (Å²) in [4.78, 5) is 2.35. The van der Waals surface area contributed by atoms with Crippen LogP contribution in [0.2, 0.25) is 0 Å². The van der Waals surface area contributed by atoms with Gasteiger partial charge in [-0.2, -0.15) is 0 Å². The molecule has 0 spiro atoms. The normalized spacial score (nSPS) is 11.3. The minimum Gasteiger partial charge on any atom is -0.310 e. The van der Waals surface area contributed by atoms with E-state index < -0.39 is 0 Å². The Balaban J connectivity index is 1.10. The van der Waals surface area contributed by atoms with E-state index in [9.17, 15) is 0 Å². The van der Waals surface area contributed by atoms with E-state index >= 15 is 0 Å². The molecule has 0 atom stereocenters. The number of anilines is 3. The van der Waals surface area contributed by atoms with Gasteiger partial charge in [0.1, 0.15) is 0 Å². The Morgan fingerprint density at radius 3 is 1.73 bits per heavy atom. The molecule has 0 saturated carbocycles. The summed E-state index contributed by atoms with van der Waals surface area (Å²) in [7, 11) is 0. The van der Waals surface area contributed by atoms with Crippen LogP contribution in [0.15, 0.2) is 188 Å². The van der Waals surface area contributed by atoms with Crippen LogP contribution in [-0.2, 0) is 0 Å². The molecule has 0 saturated heterocycles. The predicted octanol–water partition coefficient (Wildman–Crippen LogP) is 13.7. The number of hydrogen-bond acceptors (Lipinski definition) is 2. The molecule has 0 fully saturated rings. The van der Waals surface area contributed by atoms with Crippen molar-refractivity contribution in [2.75, 3.05) is 4.90 Å². The van der Waals surface area contributed by atoms with Crippen molar-refractivity contribution in [3.05, 3.63) is 188 Å². The number of rotatable bonds is 6. The zero-order chi connectivity index (χ0) is 31.9. The van der Waals surface area contributed by atoms with Crippen molar-refractivity contribution >= 4 is 59.3 Å². The van der Waals surface area contributed by atoms with Crippen molar-refractivity contribution in [3.8, 4) is 33.4 Å². The van der Waals surface area contributed by atoms with Crippen molar-refractivity contribution in [1.29, 1.82) is 0 Å². The Morgan fingerprint density at radius 1 is 0.354 bits per heavy atom. The number of thiophene rings is 1. The molecular formula is C46H31NS. The topological polar surface area (TPSA) is 3.24 Å². The quantitative estimate of drug-likeness (QED) is 0.177. The molecule has 0 amide bonds. The lowest BCUT2D eigenvalue weighted by Gasteiger charge is -2.26. The van der Waals surface area contributed by atoms with E-state index in [4.69, 9.17) is 0 Å². The van der Waals surface area contributed by atoms with E-state index in [1.807, 2.05) is 11.3 Å². The Bertz CT molecular complexity index is 2530. The summed E-state index contributed by atoms with van der Waals surface area (Å²) in [6.07, 6.45) is 0. The first-order valence-corrected chi connectivity index (χ1v) is 17.2. The van der Waals surface area contributed by atoms with Crippen molar-refractivity contribution in [2.45, 2.75) is 0 Å². The highest BCUT2D eigenvalue weighted by Gasteiger charge is 2.16. The SMILES string of the molecule is c1ccc(-c2ccc(-c3cccc(N(c4ccccc4)c4ccc(-c5cccc6sc7c8ccccc8ccc7c56)cc4)c3)cc2)cc1. The van der Waals surface area contributed by atoms with Crippen molar-refractivity contribution in [1.82, 2.24) is 0 Å². The second-order valence-corrected chi connectivity index (χ2v) is 13.2. The third kappa shape index (κ3) is 5.04. The number of para-hydroxylation sites is 1. The summed E-state index contributed by atoms with van der Waals surface area (Å²) in [5.41, 5.74) is 10.7. The molecule has 0 bridgehead atoms. The largest absolute Gasteiger partial charge is 0.310 e. The molecule has 9 aromatic rings. The Hall–Kier alpha value is -5.96. The highest BCUT2D eigenvalue weighted by atomic mass is 32.1. The van der Waals surface area contributed by atoms with Gasteiger partial charge in [0.15, 0.2) is 0 Å². The van der Waals surface area contributed by atoms with E-state index in [1.165, 1.54) is 64.3 Å². The van der Waals surface area contributed by atoms with E-state index in [1.54, 1.807) is 0 Å². The fourth-order valence-corrected chi connectivity index (χ4v) is 8.18. The minimum absolute atomic E-state index is 1.12. The summed E-state index contributed by atoms with van der Waals surface area (Å²) in [6, 6.07) is 67.9. The maximum absolute atomic E-state index is 2.35. The van der Waals surface area contributed by atoms with Gasteiger partial charge in [-0.05, 0) is 86.6 Å². The Morgan fingerprint density at radius 2 is 0.938 bits per heavy atom. The number of fused-ring (bicyclic) bond motifs is 5. The molecule has 0 aliphatic heterocycles. The van der Waals surface area contributed by atoms with Crippen LogP contribution in [0.5, 0.6) is 0 Å². The van der Waals surface area contributed by atoms with Crippen LogP contribution in [0.4, 0.5) is 17.1 Å². The van der Waals surface area contributed by atoms with Crippen LogP contribution in [0.3, 0.4) is 0 Å². The minimum atomic E-state index is 1.12. The number of hydrogen-bond donors (Lipinski definition) is 0. The van der Waals surface area contributed by atoms with Gasteiger partial charge in [0.25, 0.3) is 0 Å². The van der Waals surface area contributed by atoms with E-state index in [2.05, 4.69) is 193 Å². The van der Waals surface area contributed by atoms with Crippen LogP contribution in [0.25, 0.3) is 64.3 Å². The van der Waals surface area contributed by atoms with E-state index in [0.717, 1.165) is 17.1 Å². The number of nitrogens with zero attached hydrogens (tertiary/aromatic N) is 1. The molecule has 48 heavy (non-hydrogen) atoms. The van der Waals surface area contributed by atoms with Crippen LogP contribution in [0, 0.1) is 0 Å². The van der Waals surface area contributed by atoms with Gasteiger partial charge >= 0.3 is 0 Å². The van der Waals surface area contributed by atoms with Crippen LogP contribution < -0.4 is 4.90 Å². The third-order valence-electron chi connectivity index (χ3n) is 9.27. The van der Waals surface area contributed by atoms with Crippen LogP contribution in [0.1, 0.15) is 0 Å². The molecule has 1 heterocycles. The highest BCUT2D eigenvalue weighted by Crippen LogP contribution is 2.44. The lowest BCUT2D eigenvalue weighted by atomic mass is 9.97. The van der Waals surface area contributed by atoms with Gasteiger partial charge in [-0.3, -0.25) is 0 Å². The first-order valence-electron chi connectivity index (χ1n) is 16.3. The van der Waals surface area contributed by atoms with Crippen molar-refractivity contribution in [3.63, 3.8) is 0 Å². The summed E-state index contributed by atoms with van der Waals surface area (Å²) in [5, 5.41) is 5.27. The summed E-state index contributed by atoms with van der Waals surface area (Å²) in [5.74, 6) is 0. The highest BCUT2D eigenvalue weighted by molar-refractivity contribution is 7.26. The fourth-order valence-electron chi connectivity index (χ4n) is 6.92. The molecular weight excluding hydrogens is 599 g/mol. The Kier molecular flexibility index (Phi) is 7.07. The molecule has 1 aromatic heterocycles. The molecule has 8 aromatic carbocycles. The van der Waals surface area contributed by atoms with E-state index in [0.29, 0.717) is 0 Å². The lowest BCUT2D eigenvalue weighted by molar-refractivity contribution is 1.28. The van der Waals surface area contributed by atoms with Gasteiger partial charge in [0, 0.05) is 37.2 Å². The maximum Gasteiger partial charge on any atom is 0.0467 e. The summed E-state index contributed by atoms with van der Waals surface area (Å²) < 4.78 is 2.68. The average molecular weight is 630 g/mol. The summed E-state index contributed by atoms with van der Waals surface area (Å²) >= 11 is 1.89. The van der Waals surface area contributed by atoms with E-state index in [-0.39, 0.29) is 0 Å². The van der Waals surface area contributed by atoms with Gasteiger partial charge < -0.3 is 4.90 Å².